The Bertz CT molecular complexity index is 498. The van der Waals surface area contributed by atoms with Gasteiger partial charge in [-0.15, -0.1) is 0 Å². The van der Waals surface area contributed by atoms with Crippen molar-refractivity contribution in [1.82, 2.24) is 15.0 Å². The van der Waals surface area contributed by atoms with Crippen LogP contribution < -0.4 is 11.1 Å². The molecule has 0 saturated carbocycles. The Morgan fingerprint density at radius 1 is 1.44 bits per heavy atom. The first-order valence-electron chi connectivity index (χ1n) is 4.58. The molecule has 0 unspecified atom stereocenters. The zero-order valence-corrected chi connectivity index (χ0v) is 10.2. The third kappa shape index (κ3) is 2.30. The van der Waals surface area contributed by atoms with Gasteiger partial charge in [-0.1, -0.05) is 0 Å². The fourth-order valence-electron chi connectivity index (χ4n) is 1.15. The number of aryl methyl sites for hydroxylation is 1. The van der Waals surface area contributed by atoms with E-state index < -0.39 is 0 Å². The SMILES string of the molecule is Cc1cnc(CNc2ncnc(N)c2Br)o1. The van der Waals surface area contributed by atoms with Crippen molar-refractivity contribution in [1.29, 1.82) is 0 Å². The van der Waals surface area contributed by atoms with Crippen LogP contribution in [0.3, 0.4) is 0 Å². The maximum absolute atomic E-state index is 5.62. The summed E-state index contributed by atoms with van der Waals surface area (Å²) in [6.07, 6.45) is 3.06. The molecule has 6 nitrogen and oxygen atoms in total. The lowest BCUT2D eigenvalue weighted by Gasteiger charge is -2.05. The van der Waals surface area contributed by atoms with Gasteiger partial charge in [-0.3, -0.25) is 0 Å². The molecule has 0 radical (unpaired) electrons. The Kier molecular flexibility index (Phi) is 3.04. The summed E-state index contributed by atoms with van der Waals surface area (Å²) >= 11 is 3.30. The van der Waals surface area contributed by atoms with Crippen molar-refractivity contribution in [3.8, 4) is 0 Å². The van der Waals surface area contributed by atoms with Crippen LogP contribution in [-0.4, -0.2) is 15.0 Å². The number of rotatable bonds is 3. The molecule has 0 aliphatic carbocycles. The Hall–Kier alpha value is -1.63. The standard InChI is InChI=1S/C9H10BrN5O/c1-5-2-12-6(16-5)3-13-9-7(10)8(11)14-4-15-9/h2,4H,3H2,1H3,(H3,11,13,14,15). The minimum Gasteiger partial charge on any atom is -0.444 e. The summed E-state index contributed by atoms with van der Waals surface area (Å²) in [5.74, 6) is 2.38. The second kappa shape index (κ2) is 4.48. The zero-order valence-electron chi connectivity index (χ0n) is 8.57. The van der Waals surface area contributed by atoms with Gasteiger partial charge < -0.3 is 15.5 Å². The lowest BCUT2D eigenvalue weighted by atomic mass is 10.5. The van der Waals surface area contributed by atoms with Gasteiger partial charge >= 0.3 is 0 Å². The van der Waals surface area contributed by atoms with E-state index in [0.29, 0.717) is 28.5 Å². The Balaban J connectivity index is 2.07. The molecule has 0 bridgehead atoms. The van der Waals surface area contributed by atoms with Crippen LogP contribution >= 0.6 is 15.9 Å². The molecule has 7 heteroatoms. The van der Waals surface area contributed by atoms with E-state index in [-0.39, 0.29) is 0 Å². The molecule has 2 rings (SSSR count). The molecule has 0 spiro atoms. The molecule has 0 fully saturated rings. The van der Waals surface area contributed by atoms with Crippen LogP contribution in [0.25, 0.3) is 0 Å². The van der Waals surface area contributed by atoms with Crippen molar-refractivity contribution in [2.45, 2.75) is 13.5 Å². The molecular weight excluding hydrogens is 274 g/mol. The van der Waals surface area contributed by atoms with E-state index >= 15 is 0 Å². The molecule has 0 saturated heterocycles. The van der Waals surface area contributed by atoms with Crippen LogP contribution in [0.15, 0.2) is 21.4 Å². The van der Waals surface area contributed by atoms with Gasteiger partial charge in [0.1, 0.15) is 28.2 Å². The Morgan fingerprint density at radius 2 is 2.25 bits per heavy atom. The van der Waals surface area contributed by atoms with Crippen molar-refractivity contribution in [3.05, 3.63) is 28.6 Å². The smallest absolute Gasteiger partial charge is 0.213 e. The van der Waals surface area contributed by atoms with E-state index in [1.807, 2.05) is 6.92 Å². The zero-order chi connectivity index (χ0) is 11.5. The normalized spacial score (nSPS) is 10.4. The molecular formula is C9H10BrN5O. The maximum Gasteiger partial charge on any atom is 0.213 e. The van der Waals surface area contributed by atoms with Crippen LogP contribution in [0.5, 0.6) is 0 Å². The molecule has 3 N–H and O–H groups in total. The number of anilines is 2. The van der Waals surface area contributed by atoms with Gasteiger partial charge in [0.2, 0.25) is 5.89 Å². The highest BCUT2D eigenvalue weighted by Gasteiger charge is 2.06. The average Bonchev–Trinajstić information content (AvgIpc) is 2.67. The maximum atomic E-state index is 5.62. The Labute approximate surface area is 100 Å². The van der Waals surface area contributed by atoms with E-state index in [0.717, 1.165) is 5.76 Å². The molecule has 2 aromatic heterocycles. The number of aromatic nitrogens is 3. The van der Waals surface area contributed by atoms with Gasteiger partial charge in [-0.05, 0) is 22.9 Å². The van der Waals surface area contributed by atoms with Crippen LogP contribution in [0.2, 0.25) is 0 Å². The summed E-state index contributed by atoms with van der Waals surface area (Å²) in [6, 6.07) is 0. The average molecular weight is 284 g/mol. The van der Waals surface area contributed by atoms with Crippen molar-refractivity contribution in [2.24, 2.45) is 0 Å². The number of nitrogens with two attached hydrogens (primary N) is 1. The van der Waals surface area contributed by atoms with Gasteiger partial charge in [-0.2, -0.15) is 0 Å². The lowest BCUT2D eigenvalue weighted by Crippen LogP contribution is -2.04. The first-order valence-corrected chi connectivity index (χ1v) is 5.37. The molecule has 2 aromatic rings. The number of nitrogens with one attached hydrogen (secondary N) is 1. The van der Waals surface area contributed by atoms with Gasteiger partial charge in [0.15, 0.2) is 0 Å². The van der Waals surface area contributed by atoms with Crippen molar-refractivity contribution >= 4 is 27.6 Å². The third-order valence-corrected chi connectivity index (χ3v) is 2.67. The van der Waals surface area contributed by atoms with Crippen molar-refractivity contribution in [2.75, 3.05) is 11.1 Å². The molecule has 84 valence electrons. The van der Waals surface area contributed by atoms with Gasteiger partial charge in [0, 0.05) is 0 Å². The quantitative estimate of drug-likeness (QED) is 0.892. The molecule has 16 heavy (non-hydrogen) atoms. The molecule has 0 amide bonds. The summed E-state index contributed by atoms with van der Waals surface area (Å²) in [6.45, 7) is 2.29. The lowest BCUT2D eigenvalue weighted by molar-refractivity contribution is 0.478. The van der Waals surface area contributed by atoms with Gasteiger partial charge in [0.05, 0.1) is 12.7 Å². The summed E-state index contributed by atoms with van der Waals surface area (Å²) in [7, 11) is 0. The van der Waals surface area contributed by atoms with Crippen LogP contribution in [0.1, 0.15) is 11.7 Å². The predicted octanol–water partition coefficient (Wildman–Crippen LogP) is 1.73. The van der Waals surface area contributed by atoms with E-state index in [4.69, 9.17) is 10.2 Å². The van der Waals surface area contributed by atoms with Crippen LogP contribution in [0, 0.1) is 6.92 Å². The number of hydrogen-bond donors (Lipinski definition) is 2. The van der Waals surface area contributed by atoms with Crippen LogP contribution in [-0.2, 0) is 6.54 Å². The molecule has 2 heterocycles. The number of nitrogens with zero attached hydrogens (tertiary/aromatic N) is 3. The highest BCUT2D eigenvalue weighted by molar-refractivity contribution is 9.10. The number of halogens is 1. The summed E-state index contributed by atoms with van der Waals surface area (Å²) in [5, 5.41) is 3.05. The number of hydrogen-bond acceptors (Lipinski definition) is 6. The molecule has 0 aromatic carbocycles. The summed E-state index contributed by atoms with van der Waals surface area (Å²) < 4.78 is 5.95. The van der Waals surface area contributed by atoms with Crippen molar-refractivity contribution in [3.63, 3.8) is 0 Å². The predicted molar refractivity (Wildman–Crippen MR) is 62.7 cm³/mol. The second-order valence-electron chi connectivity index (χ2n) is 3.14. The fraction of sp³-hybridized carbons (Fsp3) is 0.222. The number of oxazole rings is 1. The largest absolute Gasteiger partial charge is 0.444 e. The fourth-order valence-corrected chi connectivity index (χ4v) is 1.49. The van der Waals surface area contributed by atoms with E-state index in [1.54, 1.807) is 6.20 Å². The topological polar surface area (TPSA) is 89.9 Å². The first kappa shape index (κ1) is 10.9. The summed E-state index contributed by atoms with van der Waals surface area (Å²) in [5.41, 5.74) is 5.62. The molecule has 0 aliphatic heterocycles. The van der Waals surface area contributed by atoms with Gasteiger partial charge in [-0.25, -0.2) is 15.0 Å². The monoisotopic (exact) mass is 283 g/mol. The molecule has 0 atom stereocenters. The second-order valence-corrected chi connectivity index (χ2v) is 3.93. The number of nitrogen functional groups attached to an aromatic ring is 1. The Morgan fingerprint density at radius 3 is 2.94 bits per heavy atom. The summed E-state index contributed by atoms with van der Waals surface area (Å²) in [4.78, 5) is 11.9. The first-order chi connectivity index (χ1) is 7.66. The van der Waals surface area contributed by atoms with E-state index in [9.17, 15) is 0 Å². The highest BCUT2D eigenvalue weighted by atomic mass is 79.9. The minimum atomic E-state index is 0.390. The molecule has 0 aliphatic rings. The van der Waals surface area contributed by atoms with E-state index in [1.165, 1.54) is 6.33 Å². The third-order valence-electron chi connectivity index (χ3n) is 1.89. The minimum absolute atomic E-state index is 0.390. The van der Waals surface area contributed by atoms with Crippen LogP contribution in [0.4, 0.5) is 11.6 Å². The van der Waals surface area contributed by atoms with E-state index in [2.05, 4.69) is 36.2 Å². The van der Waals surface area contributed by atoms with Gasteiger partial charge in [0.25, 0.3) is 0 Å². The van der Waals surface area contributed by atoms with Crippen molar-refractivity contribution < 1.29 is 4.42 Å². The highest BCUT2D eigenvalue weighted by Crippen LogP contribution is 2.24.